The Morgan fingerprint density at radius 1 is 0.640 bits per heavy atom. The maximum absolute atomic E-state index is 10.0. The highest BCUT2D eigenvalue weighted by Crippen LogP contribution is 2.55. The first-order valence-corrected chi connectivity index (χ1v) is 8.78. The van der Waals surface area contributed by atoms with Crippen molar-refractivity contribution < 1.29 is 0 Å². The molecule has 5 rings (SSSR count). The molecular weight excluding hydrogens is 302 g/mol. The van der Waals surface area contributed by atoms with Crippen molar-refractivity contribution in [3.63, 3.8) is 0 Å². The zero-order valence-electron chi connectivity index (χ0n) is 14.7. The average Bonchev–Trinajstić information content (AvgIpc) is 3.03. The van der Waals surface area contributed by atoms with Gasteiger partial charge in [-0.15, -0.1) is 0 Å². The molecule has 120 valence electrons. The van der Waals surface area contributed by atoms with Crippen LogP contribution < -0.4 is 0 Å². The van der Waals surface area contributed by atoms with Gasteiger partial charge in [0.15, 0.2) is 0 Å². The summed E-state index contributed by atoms with van der Waals surface area (Å²) < 4.78 is 0. The van der Waals surface area contributed by atoms with Crippen molar-refractivity contribution in [2.45, 2.75) is 31.6 Å². The molecule has 2 aliphatic carbocycles. The van der Waals surface area contributed by atoms with Gasteiger partial charge in [-0.1, -0.05) is 68.4 Å². The molecule has 1 atom stereocenters. The van der Waals surface area contributed by atoms with Crippen molar-refractivity contribution in [2.75, 3.05) is 0 Å². The van der Waals surface area contributed by atoms with Gasteiger partial charge in [0.05, 0.1) is 6.07 Å². The fourth-order valence-electron chi connectivity index (χ4n) is 4.80. The summed E-state index contributed by atoms with van der Waals surface area (Å²) in [5.41, 5.74) is 9.43. The number of hydrogen-bond acceptors (Lipinski definition) is 1. The normalized spacial score (nSPS) is 21.0. The number of hydrogen-bond donors (Lipinski definition) is 0. The van der Waals surface area contributed by atoms with Gasteiger partial charge in [0.1, 0.15) is 5.41 Å². The minimum Gasteiger partial charge on any atom is -0.197 e. The molecule has 0 N–H and O–H groups in total. The van der Waals surface area contributed by atoms with E-state index < -0.39 is 5.41 Å². The summed E-state index contributed by atoms with van der Waals surface area (Å²) in [6, 6.07) is 24.3. The maximum Gasteiger partial charge on any atom is 0.105 e. The van der Waals surface area contributed by atoms with Gasteiger partial charge in [-0.2, -0.15) is 5.26 Å². The van der Waals surface area contributed by atoms with E-state index in [9.17, 15) is 5.26 Å². The lowest BCUT2D eigenvalue weighted by molar-refractivity contribution is 0.656. The molecule has 0 aliphatic heterocycles. The molecule has 1 nitrogen and oxygen atoms in total. The van der Waals surface area contributed by atoms with Crippen molar-refractivity contribution >= 4 is 0 Å². The van der Waals surface area contributed by atoms with Crippen molar-refractivity contribution in [3.05, 3.63) is 82.9 Å². The Morgan fingerprint density at radius 3 is 1.88 bits per heavy atom. The van der Waals surface area contributed by atoms with E-state index in [1.165, 1.54) is 33.4 Å². The first-order chi connectivity index (χ1) is 12.0. The van der Waals surface area contributed by atoms with Crippen LogP contribution in [0.5, 0.6) is 0 Å². The molecule has 2 aliphatic rings. The summed E-state index contributed by atoms with van der Waals surface area (Å²) in [4.78, 5) is 0. The van der Waals surface area contributed by atoms with E-state index in [2.05, 4.69) is 81.4 Å². The molecule has 0 amide bonds. The molecule has 0 radical (unpaired) electrons. The summed E-state index contributed by atoms with van der Waals surface area (Å²) >= 11 is 0. The third-order valence-corrected chi connectivity index (χ3v) is 6.24. The van der Waals surface area contributed by atoms with Gasteiger partial charge < -0.3 is 0 Å². The lowest BCUT2D eigenvalue weighted by Crippen LogP contribution is -2.20. The Bertz CT molecular complexity index is 1100. The van der Waals surface area contributed by atoms with Gasteiger partial charge in [0.25, 0.3) is 0 Å². The molecule has 0 aromatic heterocycles. The van der Waals surface area contributed by atoms with Gasteiger partial charge in [-0.3, -0.25) is 0 Å². The first-order valence-electron chi connectivity index (χ1n) is 8.78. The van der Waals surface area contributed by atoms with E-state index in [1.54, 1.807) is 0 Å². The SMILES string of the molecule is CC1(C)c2ccccc2-c2cc3c(cc21)C(C)(C#N)c1ccccc1-3. The van der Waals surface area contributed by atoms with E-state index in [-0.39, 0.29) is 5.41 Å². The van der Waals surface area contributed by atoms with E-state index in [1.807, 2.05) is 6.07 Å². The van der Waals surface area contributed by atoms with Crippen LogP contribution in [0, 0.1) is 11.3 Å². The van der Waals surface area contributed by atoms with Gasteiger partial charge in [-0.25, -0.2) is 0 Å². The molecule has 1 unspecified atom stereocenters. The van der Waals surface area contributed by atoms with Crippen molar-refractivity contribution in [1.82, 2.24) is 0 Å². The molecule has 3 aromatic carbocycles. The molecule has 0 bridgehead atoms. The monoisotopic (exact) mass is 321 g/mol. The minimum atomic E-state index is -0.578. The van der Waals surface area contributed by atoms with E-state index in [0.717, 1.165) is 11.1 Å². The maximum atomic E-state index is 10.0. The second-order valence-corrected chi connectivity index (χ2v) is 7.90. The van der Waals surface area contributed by atoms with Crippen LogP contribution in [-0.2, 0) is 10.8 Å². The molecule has 3 aromatic rings. The summed E-state index contributed by atoms with van der Waals surface area (Å²) in [5.74, 6) is 0. The summed E-state index contributed by atoms with van der Waals surface area (Å²) in [7, 11) is 0. The smallest absolute Gasteiger partial charge is 0.105 e. The Hall–Kier alpha value is -2.85. The number of benzene rings is 3. The molecule has 0 fully saturated rings. The highest BCUT2D eigenvalue weighted by atomic mass is 14.5. The van der Waals surface area contributed by atoms with Crippen LogP contribution in [0.1, 0.15) is 43.0 Å². The predicted octanol–water partition coefficient (Wildman–Crippen LogP) is 5.80. The molecule has 0 spiro atoms. The first kappa shape index (κ1) is 14.5. The number of nitriles is 1. The van der Waals surface area contributed by atoms with Gasteiger partial charge in [0.2, 0.25) is 0 Å². The van der Waals surface area contributed by atoms with Crippen molar-refractivity contribution in [3.8, 4) is 28.3 Å². The second-order valence-electron chi connectivity index (χ2n) is 7.90. The Labute approximate surface area is 148 Å². The standard InChI is InChI=1S/C24H19N/c1-23(2)19-10-6-4-8-15(19)17-12-18-16-9-5-7-11-20(16)24(3,14-25)22(18)13-21(17)23/h4-13H,1-3H3. The number of fused-ring (bicyclic) bond motifs is 6. The van der Waals surface area contributed by atoms with Crippen LogP contribution >= 0.6 is 0 Å². The Morgan fingerprint density at radius 2 is 1.20 bits per heavy atom. The van der Waals surface area contributed by atoms with Crippen LogP contribution in [0.4, 0.5) is 0 Å². The second kappa shape index (κ2) is 4.41. The molecule has 0 saturated heterocycles. The fourth-order valence-corrected chi connectivity index (χ4v) is 4.80. The largest absolute Gasteiger partial charge is 0.197 e. The van der Waals surface area contributed by atoms with E-state index >= 15 is 0 Å². The average molecular weight is 321 g/mol. The lowest BCUT2D eigenvalue weighted by Gasteiger charge is -2.24. The van der Waals surface area contributed by atoms with Gasteiger partial charge in [0, 0.05) is 5.41 Å². The molecular formula is C24H19N. The number of rotatable bonds is 0. The van der Waals surface area contributed by atoms with Crippen molar-refractivity contribution in [1.29, 1.82) is 5.26 Å². The van der Waals surface area contributed by atoms with Crippen LogP contribution in [-0.4, -0.2) is 0 Å². The summed E-state index contributed by atoms with van der Waals surface area (Å²) in [6.45, 7) is 6.63. The predicted molar refractivity (Wildman–Crippen MR) is 102 cm³/mol. The minimum absolute atomic E-state index is 0.0356. The topological polar surface area (TPSA) is 23.8 Å². The zero-order chi connectivity index (χ0) is 17.4. The lowest BCUT2D eigenvalue weighted by atomic mass is 9.77. The van der Waals surface area contributed by atoms with Crippen LogP contribution in [0.15, 0.2) is 60.7 Å². The Kier molecular flexibility index (Phi) is 2.55. The number of nitrogens with zero attached hydrogens (tertiary/aromatic N) is 1. The third-order valence-electron chi connectivity index (χ3n) is 6.24. The third kappa shape index (κ3) is 1.58. The fraction of sp³-hybridized carbons (Fsp3) is 0.208. The van der Waals surface area contributed by atoms with Gasteiger partial charge in [-0.05, 0) is 57.5 Å². The van der Waals surface area contributed by atoms with Gasteiger partial charge >= 0.3 is 0 Å². The molecule has 25 heavy (non-hydrogen) atoms. The summed E-state index contributed by atoms with van der Waals surface area (Å²) in [6.07, 6.45) is 0. The molecule has 1 heteroatoms. The zero-order valence-corrected chi connectivity index (χ0v) is 14.7. The van der Waals surface area contributed by atoms with Crippen LogP contribution in [0.3, 0.4) is 0 Å². The van der Waals surface area contributed by atoms with E-state index in [0.29, 0.717) is 0 Å². The summed E-state index contributed by atoms with van der Waals surface area (Å²) in [5, 5.41) is 10.0. The Balaban J connectivity index is 1.90. The van der Waals surface area contributed by atoms with Crippen molar-refractivity contribution in [2.24, 2.45) is 0 Å². The van der Waals surface area contributed by atoms with Crippen LogP contribution in [0.25, 0.3) is 22.3 Å². The van der Waals surface area contributed by atoms with Crippen LogP contribution in [0.2, 0.25) is 0 Å². The highest BCUT2D eigenvalue weighted by molar-refractivity contribution is 5.90. The molecule has 0 heterocycles. The molecule has 0 saturated carbocycles. The highest BCUT2D eigenvalue weighted by Gasteiger charge is 2.43. The van der Waals surface area contributed by atoms with E-state index in [4.69, 9.17) is 0 Å². The quantitative estimate of drug-likeness (QED) is 0.513.